The molecule has 0 spiro atoms. The maximum Gasteiger partial charge on any atom is 0.269 e. The number of non-ortho nitro benzene ring substituents is 1. The number of benzene rings is 1. The van der Waals surface area contributed by atoms with Crippen LogP contribution in [-0.2, 0) is 0 Å². The third kappa shape index (κ3) is 2.53. The lowest BCUT2D eigenvalue weighted by Crippen LogP contribution is -2.54. The van der Waals surface area contributed by atoms with Gasteiger partial charge in [0.1, 0.15) is 0 Å². The predicted octanol–water partition coefficient (Wildman–Crippen LogP) is 2.35. The van der Waals surface area contributed by atoms with Gasteiger partial charge in [0.25, 0.3) is 5.69 Å². The van der Waals surface area contributed by atoms with Gasteiger partial charge in [0.05, 0.1) is 16.7 Å². The van der Waals surface area contributed by atoms with Gasteiger partial charge in [-0.3, -0.25) is 15.0 Å². The highest BCUT2D eigenvalue weighted by Gasteiger charge is 2.48. The van der Waals surface area contributed by atoms with E-state index in [2.05, 4.69) is 15.0 Å². The van der Waals surface area contributed by atoms with E-state index in [-0.39, 0.29) is 10.6 Å². The van der Waals surface area contributed by atoms with Crippen LogP contribution in [0.15, 0.2) is 29.4 Å². The molecule has 7 heteroatoms. The molecule has 0 aromatic heterocycles. The summed E-state index contributed by atoms with van der Waals surface area (Å²) < 4.78 is 0. The van der Waals surface area contributed by atoms with Crippen LogP contribution in [-0.4, -0.2) is 53.0 Å². The van der Waals surface area contributed by atoms with Crippen molar-refractivity contribution in [2.45, 2.75) is 25.3 Å². The fourth-order valence-electron chi connectivity index (χ4n) is 4.72. The molecule has 3 fully saturated rings. The van der Waals surface area contributed by atoms with E-state index in [1.54, 1.807) is 12.1 Å². The maximum atomic E-state index is 10.8. The van der Waals surface area contributed by atoms with Crippen molar-refractivity contribution in [1.82, 2.24) is 4.90 Å². The van der Waals surface area contributed by atoms with Crippen LogP contribution in [0.2, 0.25) is 0 Å². The smallest absolute Gasteiger partial charge is 0.269 e. The zero-order valence-corrected chi connectivity index (χ0v) is 13.5. The van der Waals surface area contributed by atoms with Gasteiger partial charge in [0, 0.05) is 49.9 Å². The molecule has 3 atom stereocenters. The lowest BCUT2D eigenvalue weighted by atomic mass is 9.91. The first-order valence-electron chi connectivity index (χ1n) is 8.62. The molecule has 1 N–H and O–H groups in total. The zero-order valence-electron chi connectivity index (χ0n) is 13.5. The number of nitro benzene ring substituents is 1. The molecule has 1 aliphatic heterocycles. The van der Waals surface area contributed by atoms with Crippen LogP contribution in [0.1, 0.15) is 19.3 Å². The molecule has 0 amide bonds. The summed E-state index contributed by atoms with van der Waals surface area (Å²) in [7, 11) is 0. The topological polar surface area (TPSA) is 82.2 Å². The molecule has 2 saturated carbocycles. The van der Waals surface area contributed by atoms with Crippen LogP contribution in [0.5, 0.6) is 0 Å². The van der Waals surface area contributed by atoms with Crippen molar-refractivity contribution in [3.8, 4) is 0 Å². The van der Waals surface area contributed by atoms with Crippen LogP contribution in [0.25, 0.3) is 0 Å². The molecule has 2 aliphatic carbocycles. The minimum Gasteiger partial charge on any atom is -0.411 e. The van der Waals surface area contributed by atoms with Gasteiger partial charge in [0.15, 0.2) is 0 Å². The lowest BCUT2D eigenvalue weighted by molar-refractivity contribution is -0.384. The van der Waals surface area contributed by atoms with Crippen LogP contribution < -0.4 is 4.90 Å². The Morgan fingerprint density at radius 3 is 2.46 bits per heavy atom. The molecule has 0 unspecified atom stereocenters. The van der Waals surface area contributed by atoms with Gasteiger partial charge >= 0.3 is 0 Å². The Balaban J connectivity index is 1.41. The number of nitrogens with zero attached hydrogens (tertiary/aromatic N) is 4. The second-order valence-electron chi connectivity index (χ2n) is 7.04. The van der Waals surface area contributed by atoms with Crippen LogP contribution in [0, 0.1) is 22.0 Å². The van der Waals surface area contributed by atoms with E-state index in [1.165, 1.54) is 19.3 Å². The summed E-state index contributed by atoms with van der Waals surface area (Å²) in [4.78, 5) is 15.1. The minimum absolute atomic E-state index is 0.128. The molecule has 2 bridgehead atoms. The first-order chi connectivity index (χ1) is 11.7. The standard InChI is InChI=1S/C17H22N4O3/c22-18-16-12-1-2-13(11-12)17(16)20-9-7-19(8-10-20)14-3-5-15(6-4-14)21(23)24/h3-6,12-13,17,22H,1-2,7-11H2/b18-16-/t12-,13-,17-/m0/s1. The van der Waals surface area contributed by atoms with Gasteiger partial charge in [-0.25, -0.2) is 0 Å². The lowest BCUT2D eigenvalue weighted by Gasteiger charge is -2.41. The number of fused-ring (bicyclic) bond motifs is 2. The average Bonchev–Trinajstić information content (AvgIpc) is 3.23. The van der Waals surface area contributed by atoms with Gasteiger partial charge in [-0.2, -0.15) is 0 Å². The first kappa shape index (κ1) is 15.4. The highest BCUT2D eigenvalue weighted by atomic mass is 16.6. The Morgan fingerprint density at radius 2 is 1.83 bits per heavy atom. The van der Waals surface area contributed by atoms with Gasteiger partial charge in [0.2, 0.25) is 0 Å². The molecule has 4 rings (SSSR count). The van der Waals surface area contributed by atoms with E-state index in [9.17, 15) is 15.3 Å². The van der Waals surface area contributed by atoms with Crippen molar-refractivity contribution >= 4 is 17.1 Å². The number of hydrogen-bond acceptors (Lipinski definition) is 6. The van der Waals surface area contributed by atoms with Crippen LogP contribution >= 0.6 is 0 Å². The molecule has 1 heterocycles. The highest BCUT2D eigenvalue weighted by Crippen LogP contribution is 2.45. The van der Waals surface area contributed by atoms with Crippen molar-refractivity contribution in [3.05, 3.63) is 34.4 Å². The Labute approximate surface area is 140 Å². The molecule has 24 heavy (non-hydrogen) atoms. The number of piperazine rings is 1. The minimum atomic E-state index is -0.368. The SMILES string of the molecule is O=[N+]([O-])c1ccc(N2CCN([C@@H]3/C(=N\O)[C@H]4CC[C@H]3C4)CC2)cc1. The molecule has 0 radical (unpaired) electrons. The van der Waals surface area contributed by atoms with Gasteiger partial charge in [-0.1, -0.05) is 5.16 Å². The second-order valence-corrected chi connectivity index (χ2v) is 7.04. The van der Waals surface area contributed by atoms with Crippen molar-refractivity contribution < 1.29 is 10.1 Å². The monoisotopic (exact) mass is 330 g/mol. The number of oxime groups is 1. The Hall–Kier alpha value is -2.15. The van der Waals surface area contributed by atoms with E-state index < -0.39 is 0 Å². The molecule has 7 nitrogen and oxygen atoms in total. The van der Waals surface area contributed by atoms with E-state index in [0.29, 0.717) is 17.9 Å². The highest BCUT2D eigenvalue weighted by molar-refractivity contribution is 5.94. The molecule has 1 aromatic carbocycles. The third-order valence-corrected chi connectivity index (χ3v) is 5.89. The Bertz CT molecular complexity index is 652. The normalized spacial score (nSPS) is 31.8. The zero-order chi connectivity index (χ0) is 16.7. The summed E-state index contributed by atoms with van der Waals surface area (Å²) in [6.45, 7) is 3.66. The molecule has 1 saturated heterocycles. The van der Waals surface area contributed by atoms with Crippen molar-refractivity contribution in [1.29, 1.82) is 0 Å². The van der Waals surface area contributed by atoms with E-state index in [4.69, 9.17) is 0 Å². The summed E-state index contributed by atoms with van der Waals surface area (Å²) in [6, 6.07) is 7.09. The van der Waals surface area contributed by atoms with Gasteiger partial charge < -0.3 is 10.1 Å². The van der Waals surface area contributed by atoms with Crippen LogP contribution in [0.4, 0.5) is 11.4 Å². The molecule has 128 valence electrons. The number of rotatable bonds is 3. The summed E-state index contributed by atoms with van der Waals surface area (Å²) >= 11 is 0. The summed E-state index contributed by atoms with van der Waals surface area (Å²) in [5, 5.41) is 23.8. The summed E-state index contributed by atoms with van der Waals surface area (Å²) in [5.41, 5.74) is 2.16. The molecule has 3 aliphatic rings. The quantitative estimate of drug-likeness (QED) is 0.522. The van der Waals surface area contributed by atoms with Gasteiger partial charge in [-0.15, -0.1) is 0 Å². The molecular weight excluding hydrogens is 308 g/mol. The maximum absolute atomic E-state index is 10.8. The number of anilines is 1. The largest absolute Gasteiger partial charge is 0.411 e. The van der Waals surface area contributed by atoms with Crippen LogP contribution in [0.3, 0.4) is 0 Å². The fourth-order valence-corrected chi connectivity index (χ4v) is 4.72. The van der Waals surface area contributed by atoms with E-state index in [0.717, 1.165) is 37.6 Å². The summed E-state index contributed by atoms with van der Waals surface area (Å²) in [5.74, 6) is 1.13. The number of nitro groups is 1. The van der Waals surface area contributed by atoms with Gasteiger partial charge in [-0.05, 0) is 37.3 Å². The molecule has 1 aromatic rings. The second kappa shape index (κ2) is 6.05. The van der Waals surface area contributed by atoms with Crippen molar-refractivity contribution in [3.63, 3.8) is 0 Å². The predicted molar refractivity (Wildman–Crippen MR) is 90.7 cm³/mol. The Kier molecular flexibility index (Phi) is 3.88. The number of hydrogen-bond donors (Lipinski definition) is 1. The van der Waals surface area contributed by atoms with E-state index >= 15 is 0 Å². The first-order valence-corrected chi connectivity index (χ1v) is 8.62. The fraction of sp³-hybridized carbons (Fsp3) is 0.588. The third-order valence-electron chi connectivity index (χ3n) is 5.89. The average molecular weight is 330 g/mol. The van der Waals surface area contributed by atoms with Crippen molar-refractivity contribution in [2.75, 3.05) is 31.1 Å². The molecular formula is C17H22N4O3. The Morgan fingerprint density at radius 1 is 1.12 bits per heavy atom. The summed E-state index contributed by atoms with van der Waals surface area (Å²) in [6.07, 6.45) is 3.59. The van der Waals surface area contributed by atoms with Crippen molar-refractivity contribution in [2.24, 2.45) is 17.0 Å². The van der Waals surface area contributed by atoms with E-state index in [1.807, 2.05) is 12.1 Å².